The SMILES string of the molecule is CCC(C(N)=O)N1CONCO1. The van der Waals surface area contributed by atoms with Gasteiger partial charge in [-0.2, -0.15) is 5.48 Å². The van der Waals surface area contributed by atoms with E-state index in [1.54, 1.807) is 0 Å². The third-order valence-corrected chi connectivity index (χ3v) is 1.65. The molecule has 1 saturated heterocycles. The number of rotatable bonds is 3. The van der Waals surface area contributed by atoms with Gasteiger partial charge >= 0.3 is 0 Å². The quantitative estimate of drug-likeness (QED) is 0.571. The molecule has 1 unspecified atom stereocenters. The lowest BCUT2D eigenvalue weighted by atomic mass is 10.2. The Morgan fingerprint density at radius 1 is 1.83 bits per heavy atom. The predicted molar refractivity (Wildman–Crippen MR) is 40.2 cm³/mol. The number of hydrogen-bond acceptors (Lipinski definition) is 5. The van der Waals surface area contributed by atoms with Gasteiger partial charge in [-0.15, -0.1) is 5.06 Å². The minimum absolute atomic E-state index is 0.210. The Labute approximate surface area is 70.5 Å². The van der Waals surface area contributed by atoms with Gasteiger partial charge < -0.3 is 5.73 Å². The average molecular weight is 175 g/mol. The van der Waals surface area contributed by atoms with E-state index in [0.717, 1.165) is 0 Å². The van der Waals surface area contributed by atoms with Crippen molar-refractivity contribution >= 4 is 5.91 Å². The monoisotopic (exact) mass is 175 g/mol. The molecule has 70 valence electrons. The van der Waals surface area contributed by atoms with Crippen molar-refractivity contribution in [3.8, 4) is 0 Å². The number of hydroxylamine groups is 3. The summed E-state index contributed by atoms with van der Waals surface area (Å²) >= 11 is 0. The summed E-state index contributed by atoms with van der Waals surface area (Å²) in [4.78, 5) is 20.8. The van der Waals surface area contributed by atoms with Crippen LogP contribution in [0.3, 0.4) is 0 Å². The molecule has 3 N–H and O–H groups in total. The number of hydrogen-bond donors (Lipinski definition) is 2. The molecule has 1 fully saturated rings. The molecule has 0 spiro atoms. The molecule has 0 aliphatic carbocycles. The van der Waals surface area contributed by atoms with Crippen molar-refractivity contribution in [3.63, 3.8) is 0 Å². The first-order valence-corrected chi connectivity index (χ1v) is 3.79. The first kappa shape index (κ1) is 9.40. The lowest BCUT2D eigenvalue weighted by Crippen LogP contribution is -2.50. The largest absolute Gasteiger partial charge is 0.368 e. The molecule has 1 atom stereocenters. The second kappa shape index (κ2) is 4.36. The number of amides is 1. The minimum atomic E-state index is -0.410. The number of carbonyl (C=O) groups excluding carboxylic acids is 1. The second-order valence-electron chi connectivity index (χ2n) is 2.43. The van der Waals surface area contributed by atoms with E-state index < -0.39 is 11.9 Å². The van der Waals surface area contributed by atoms with E-state index in [4.69, 9.17) is 15.4 Å². The molecule has 0 aromatic heterocycles. The van der Waals surface area contributed by atoms with Gasteiger partial charge in [0.1, 0.15) is 19.5 Å². The fourth-order valence-electron chi connectivity index (χ4n) is 1.02. The number of nitrogens with zero attached hydrogens (tertiary/aromatic N) is 1. The van der Waals surface area contributed by atoms with Crippen LogP contribution in [0.5, 0.6) is 0 Å². The van der Waals surface area contributed by atoms with Gasteiger partial charge in [-0.3, -0.25) is 14.5 Å². The summed E-state index contributed by atoms with van der Waals surface area (Å²) in [5.74, 6) is -0.400. The van der Waals surface area contributed by atoms with Gasteiger partial charge in [0, 0.05) is 0 Å². The van der Waals surface area contributed by atoms with Crippen LogP contribution in [0.2, 0.25) is 0 Å². The van der Waals surface area contributed by atoms with E-state index in [2.05, 4.69) is 5.48 Å². The zero-order valence-electron chi connectivity index (χ0n) is 6.95. The van der Waals surface area contributed by atoms with E-state index in [1.807, 2.05) is 6.92 Å². The van der Waals surface area contributed by atoms with Gasteiger partial charge in [0.05, 0.1) is 0 Å². The molecule has 0 radical (unpaired) electrons. The lowest BCUT2D eigenvalue weighted by Gasteiger charge is -2.30. The summed E-state index contributed by atoms with van der Waals surface area (Å²) in [6, 6.07) is -0.410. The Hall–Kier alpha value is -0.690. The molecular weight excluding hydrogens is 162 g/mol. The fourth-order valence-corrected chi connectivity index (χ4v) is 1.02. The van der Waals surface area contributed by atoms with Crippen molar-refractivity contribution in [2.45, 2.75) is 19.4 Å². The van der Waals surface area contributed by atoms with Crippen LogP contribution < -0.4 is 11.2 Å². The molecular formula is C6H13N3O3. The summed E-state index contributed by atoms with van der Waals surface area (Å²) in [5.41, 5.74) is 7.66. The molecule has 12 heavy (non-hydrogen) atoms. The van der Waals surface area contributed by atoms with Crippen LogP contribution in [0.25, 0.3) is 0 Å². The zero-order valence-corrected chi connectivity index (χ0v) is 6.95. The Morgan fingerprint density at radius 3 is 3.00 bits per heavy atom. The van der Waals surface area contributed by atoms with Crippen molar-refractivity contribution in [3.05, 3.63) is 0 Å². The van der Waals surface area contributed by atoms with Crippen molar-refractivity contribution in [2.24, 2.45) is 5.73 Å². The average Bonchev–Trinajstić information content (AvgIpc) is 2.07. The maximum Gasteiger partial charge on any atom is 0.237 e. The van der Waals surface area contributed by atoms with Gasteiger partial charge in [0.15, 0.2) is 0 Å². The highest BCUT2D eigenvalue weighted by atomic mass is 16.8. The Morgan fingerprint density at radius 2 is 2.58 bits per heavy atom. The minimum Gasteiger partial charge on any atom is -0.368 e. The third-order valence-electron chi connectivity index (χ3n) is 1.65. The van der Waals surface area contributed by atoms with Crippen LogP contribution in [0.15, 0.2) is 0 Å². The van der Waals surface area contributed by atoms with Crippen LogP contribution in [0, 0.1) is 0 Å². The first-order valence-electron chi connectivity index (χ1n) is 3.79. The fraction of sp³-hybridized carbons (Fsp3) is 0.833. The number of nitrogens with one attached hydrogen (secondary N) is 1. The summed E-state index contributed by atoms with van der Waals surface area (Å²) < 4.78 is 0. The standard InChI is InChI=1S/C6H13N3O3/c1-2-5(6(7)10)9-4-11-8-3-12-9/h5,8H,2-4H2,1H3,(H2,7,10). The first-order chi connectivity index (χ1) is 5.75. The van der Waals surface area contributed by atoms with Gasteiger partial charge in [0.25, 0.3) is 0 Å². The summed E-state index contributed by atoms with van der Waals surface area (Å²) in [6.45, 7) is 2.31. The maximum absolute atomic E-state index is 10.9. The van der Waals surface area contributed by atoms with Crippen molar-refractivity contribution in [1.29, 1.82) is 0 Å². The number of carbonyl (C=O) groups is 1. The smallest absolute Gasteiger partial charge is 0.237 e. The predicted octanol–water partition coefficient (Wildman–Crippen LogP) is -1.07. The van der Waals surface area contributed by atoms with Gasteiger partial charge in [-0.1, -0.05) is 6.92 Å². The van der Waals surface area contributed by atoms with E-state index in [-0.39, 0.29) is 13.5 Å². The second-order valence-corrected chi connectivity index (χ2v) is 2.43. The molecule has 0 saturated carbocycles. The molecule has 1 aliphatic heterocycles. The molecule has 0 aromatic rings. The van der Waals surface area contributed by atoms with Crippen LogP contribution in [0.1, 0.15) is 13.3 Å². The Bertz CT molecular complexity index is 158. The van der Waals surface area contributed by atoms with Crippen molar-refractivity contribution < 1.29 is 14.5 Å². The molecule has 6 heteroatoms. The van der Waals surface area contributed by atoms with E-state index in [9.17, 15) is 4.79 Å². The molecule has 0 bridgehead atoms. The molecule has 1 rings (SSSR count). The van der Waals surface area contributed by atoms with E-state index >= 15 is 0 Å². The van der Waals surface area contributed by atoms with Gasteiger partial charge in [-0.25, -0.2) is 0 Å². The third kappa shape index (κ3) is 2.15. The summed E-state index contributed by atoms with van der Waals surface area (Å²) in [6.07, 6.45) is 0.610. The van der Waals surface area contributed by atoms with Crippen LogP contribution in [-0.4, -0.2) is 30.5 Å². The van der Waals surface area contributed by atoms with Gasteiger partial charge in [0.2, 0.25) is 5.91 Å². The number of primary amides is 1. The van der Waals surface area contributed by atoms with E-state index in [1.165, 1.54) is 5.06 Å². The van der Waals surface area contributed by atoms with Gasteiger partial charge in [-0.05, 0) is 6.42 Å². The summed E-state index contributed by atoms with van der Waals surface area (Å²) in [5, 5.41) is 1.43. The van der Waals surface area contributed by atoms with Crippen LogP contribution >= 0.6 is 0 Å². The zero-order chi connectivity index (χ0) is 8.97. The lowest BCUT2D eigenvalue weighted by molar-refractivity contribution is -0.303. The highest BCUT2D eigenvalue weighted by molar-refractivity contribution is 5.79. The normalized spacial score (nSPS) is 22.1. The highest BCUT2D eigenvalue weighted by Gasteiger charge is 2.25. The summed E-state index contributed by atoms with van der Waals surface area (Å²) in [7, 11) is 0. The molecule has 1 amide bonds. The molecule has 0 aromatic carbocycles. The van der Waals surface area contributed by atoms with Crippen LogP contribution in [-0.2, 0) is 14.5 Å². The Balaban J connectivity index is 2.46. The van der Waals surface area contributed by atoms with Crippen LogP contribution in [0.4, 0.5) is 0 Å². The van der Waals surface area contributed by atoms with Crippen molar-refractivity contribution in [2.75, 3.05) is 13.5 Å². The maximum atomic E-state index is 10.9. The highest BCUT2D eigenvalue weighted by Crippen LogP contribution is 2.06. The van der Waals surface area contributed by atoms with E-state index in [0.29, 0.717) is 6.42 Å². The van der Waals surface area contributed by atoms with Crippen molar-refractivity contribution in [1.82, 2.24) is 10.5 Å². The Kier molecular flexibility index (Phi) is 3.42. The molecule has 1 aliphatic rings. The molecule has 1 heterocycles. The molecule has 6 nitrogen and oxygen atoms in total. The topological polar surface area (TPSA) is 76.8 Å². The number of nitrogens with two attached hydrogens (primary N) is 1.